The summed E-state index contributed by atoms with van der Waals surface area (Å²) in [6.45, 7) is 1.71. The highest BCUT2D eigenvalue weighted by Gasteiger charge is 2.30. The van der Waals surface area contributed by atoms with E-state index < -0.39 is 27.4 Å². The van der Waals surface area contributed by atoms with Crippen LogP contribution in [0.2, 0.25) is 0 Å². The van der Waals surface area contributed by atoms with Gasteiger partial charge in [-0.2, -0.15) is 0 Å². The maximum atomic E-state index is 14.3. The number of sulfonamides is 1. The Morgan fingerprint density at radius 1 is 1.03 bits per heavy atom. The number of halogens is 1. The average molecular weight is 425 g/mol. The second kappa shape index (κ2) is 9.60. The van der Waals surface area contributed by atoms with E-state index in [2.05, 4.69) is 4.74 Å². The van der Waals surface area contributed by atoms with Crippen LogP contribution < -0.4 is 13.8 Å². The fourth-order valence-electron chi connectivity index (χ4n) is 2.84. The number of carbonyl (C=O) groups is 1. The van der Waals surface area contributed by atoms with Crippen LogP contribution in [0.25, 0.3) is 0 Å². The summed E-state index contributed by atoms with van der Waals surface area (Å²) in [5.41, 5.74) is 0.272. The molecule has 0 heterocycles. The second-order valence-corrected chi connectivity index (χ2v) is 8.15. The lowest BCUT2D eigenvalue weighted by molar-refractivity contribution is 0.0591. The molecule has 0 aromatic heterocycles. The number of esters is 1. The number of methoxy groups -OCH3 is 3. The topological polar surface area (TPSA) is 82.1 Å². The Morgan fingerprint density at radius 3 is 2.21 bits per heavy atom. The van der Waals surface area contributed by atoms with Gasteiger partial charge in [0.25, 0.3) is 0 Å². The molecule has 7 nitrogen and oxygen atoms in total. The summed E-state index contributed by atoms with van der Waals surface area (Å²) in [5, 5.41) is 0. The molecule has 0 N–H and O–H groups in total. The molecule has 0 saturated carbocycles. The molecule has 0 bridgehead atoms. The predicted molar refractivity (Wildman–Crippen MR) is 108 cm³/mol. The lowest BCUT2D eigenvalue weighted by Crippen LogP contribution is -2.33. The monoisotopic (exact) mass is 425 g/mol. The van der Waals surface area contributed by atoms with E-state index in [-0.39, 0.29) is 23.7 Å². The van der Waals surface area contributed by atoms with Crippen molar-refractivity contribution in [1.82, 2.24) is 0 Å². The first-order chi connectivity index (χ1) is 13.8. The number of hydrogen-bond donors (Lipinski definition) is 0. The molecule has 0 amide bonds. The summed E-state index contributed by atoms with van der Waals surface area (Å²) in [5.74, 6) is -1.53. The van der Waals surface area contributed by atoms with E-state index in [1.54, 1.807) is 31.2 Å². The Balaban J connectivity index is 2.63. The van der Waals surface area contributed by atoms with Crippen molar-refractivity contribution in [3.8, 4) is 11.5 Å². The summed E-state index contributed by atoms with van der Waals surface area (Å²) in [6.07, 6.45) is 0.384. The molecule has 0 radical (unpaired) electrons. The standard InChI is InChI=1S/C20H24FNO6S/c1-5-12-29(24,25)22(13-14-6-8-15(26-2)9-7-14)17-11-10-16(21)18(19(17)27-3)20(23)28-4/h6-11H,5,12-13H2,1-4H3. The van der Waals surface area contributed by atoms with Crippen LogP contribution in [0, 0.1) is 5.82 Å². The smallest absolute Gasteiger partial charge is 0.344 e. The third kappa shape index (κ3) is 4.97. The molecular formula is C20H24FNO6S. The molecule has 0 unspecified atom stereocenters. The molecule has 0 fully saturated rings. The Morgan fingerprint density at radius 2 is 1.69 bits per heavy atom. The second-order valence-electron chi connectivity index (χ2n) is 6.14. The van der Waals surface area contributed by atoms with Crippen LogP contribution >= 0.6 is 0 Å². The summed E-state index contributed by atoms with van der Waals surface area (Å²) in [4.78, 5) is 12.1. The molecular weight excluding hydrogens is 401 g/mol. The first kappa shape index (κ1) is 22.5. The van der Waals surface area contributed by atoms with Crippen LogP contribution in [0.4, 0.5) is 10.1 Å². The first-order valence-electron chi connectivity index (χ1n) is 8.87. The van der Waals surface area contributed by atoms with Gasteiger partial charge in [-0.25, -0.2) is 17.6 Å². The average Bonchev–Trinajstić information content (AvgIpc) is 2.71. The van der Waals surface area contributed by atoms with E-state index >= 15 is 0 Å². The fourth-order valence-corrected chi connectivity index (χ4v) is 4.37. The number of carbonyl (C=O) groups excluding carboxylic acids is 1. The minimum Gasteiger partial charge on any atom is -0.497 e. The molecule has 0 aliphatic heterocycles. The van der Waals surface area contributed by atoms with Crippen molar-refractivity contribution in [2.75, 3.05) is 31.4 Å². The van der Waals surface area contributed by atoms with Crippen molar-refractivity contribution in [2.45, 2.75) is 19.9 Å². The largest absolute Gasteiger partial charge is 0.497 e. The van der Waals surface area contributed by atoms with Gasteiger partial charge < -0.3 is 14.2 Å². The maximum absolute atomic E-state index is 14.3. The number of benzene rings is 2. The summed E-state index contributed by atoms with van der Waals surface area (Å²) < 4.78 is 56.4. The van der Waals surface area contributed by atoms with Gasteiger partial charge in [-0.15, -0.1) is 0 Å². The summed E-state index contributed by atoms with van der Waals surface area (Å²) in [6, 6.07) is 9.17. The van der Waals surface area contributed by atoms with Crippen LogP contribution in [-0.2, 0) is 21.3 Å². The molecule has 29 heavy (non-hydrogen) atoms. The predicted octanol–water partition coefficient (Wildman–Crippen LogP) is 3.38. The van der Waals surface area contributed by atoms with Crippen molar-refractivity contribution >= 4 is 21.7 Å². The van der Waals surface area contributed by atoms with Gasteiger partial charge in [-0.3, -0.25) is 4.31 Å². The third-order valence-corrected chi connectivity index (χ3v) is 6.15. The minimum atomic E-state index is -3.79. The first-order valence-corrected chi connectivity index (χ1v) is 10.5. The van der Waals surface area contributed by atoms with Crippen LogP contribution in [-0.4, -0.2) is 41.5 Å². The van der Waals surface area contributed by atoms with Gasteiger partial charge in [-0.1, -0.05) is 19.1 Å². The van der Waals surface area contributed by atoms with Gasteiger partial charge in [0.1, 0.15) is 17.1 Å². The highest BCUT2D eigenvalue weighted by atomic mass is 32.2. The molecule has 9 heteroatoms. The van der Waals surface area contributed by atoms with Gasteiger partial charge in [0.15, 0.2) is 5.75 Å². The summed E-state index contributed by atoms with van der Waals surface area (Å²) >= 11 is 0. The summed E-state index contributed by atoms with van der Waals surface area (Å²) in [7, 11) is 0.0928. The molecule has 0 atom stereocenters. The zero-order valence-corrected chi connectivity index (χ0v) is 17.6. The molecule has 2 aromatic carbocycles. The lowest BCUT2D eigenvalue weighted by atomic mass is 10.1. The van der Waals surface area contributed by atoms with E-state index in [1.807, 2.05) is 0 Å². The van der Waals surface area contributed by atoms with Crippen molar-refractivity contribution in [2.24, 2.45) is 0 Å². The van der Waals surface area contributed by atoms with Gasteiger partial charge >= 0.3 is 5.97 Å². The van der Waals surface area contributed by atoms with Crippen LogP contribution in [0.5, 0.6) is 11.5 Å². The highest BCUT2D eigenvalue weighted by molar-refractivity contribution is 7.92. The van der Waals surface area contributed by atoms with Gasteiger partial charge in [0, 0.05) is 0 Å². The van der Waals surface area contributed by atoms with Crippen molar-refractivity contribution < 1.29 is 31.8 Å². The Labute approximate surface area is 170 Å². The fraction of sp³-hybridized carbons (Fsp3) is 0.350. The zero-order valence-electron chi connectivity index (χ0n) is 16.8. The van der Waals surface area contributed by atoms with E-state index in [0.29, 0.717) is 17.7 Å². The quantitative estimate of drug-likeness (QED) is 0.573. The van der Waals surface area contributed by atoms with Crippen molar-refractivity contribution in [3.63, 3.8) is 0 Å². The van der Waals surface area contributed by atoms with Gasteiger partial charge in [-0.05, 0) is 36.2 Å². The Kier molecular flexibility index (Phi) is 7.44. The van der Waals surface area contributed by atoms with Gasteiger partial charge in [0.05, 0.1) is 39.3 Å². The normalized spacial score (nSPS) is 11.1. The molecule has 2 aromatic rings. The van der Waals surface area contributed by atoms with E-state index in [0.717, 1.165) is 17.5 Å². The van der Waals surface area contributed by atoms with Gasteiger partial charge in [0.2, 0.25) is 10.0 Å². The number of ether oxygens (including phenoxy) is 3. The van der Waals surface area contributed by atoms with Crippen molar-refractivity contribution in [1.29, 1.82) is 0 Å². The molecule has 2 rings (SSSR count). The number of rotatable bonds is 9. The maximum Gasteiger partial charge on any atom is 0.344 e. The Hall–Kier alpha value is -2.81. The molecule has 158 valence electrons. The van der Waals surface area contributed by atoms with E-state index in [4.69, 9.17) is 9.47 Å². The number of nitrogens with zero attached hydrogens (tertiary/aromatic N) is 1. The highest BCUT2D eigenvalue weighted by Crippen LogP contribution is 2.37. The van der Waals surface area contributed by atoms with E-state index in [1.165, 1.54) is 20.3 Å². The zero-order chi connectivity index (χ0) is 21.6. The van der Waals surface area contributed by atoms with Crippen molar-refractivity contribution in [3.05, 3.63) is 53.3 Å². The number of hydrogen-bond acceptors (Lipinski definition) is 6. The molecule has 0 aliphatic rings. The number of anilines is 1. The third-order valence-electron chi connectivity index (χ3n) is 4.23. The Bertz CT molecular complexity index is 960. The molecule has 0 saturated heterocycles. The molecule has 0 spiro atoms. The van der Waals surface area contributed by atoms with E-state index in [9.17, 15) is 17.6 Å². The SMILES string of the molecule is CCCS(=O)(=O)N(Cc1ccc(OC)cc1)c1ccc(F)c(C(=O)OC)c1OC. The van der Waals surface area contributed by atoms with Crippen LogP contribution in [0.15, 0.2) is 36.4 Å². The lowest BCUT2D eigenvalue weighted by Gasteiger charge is -2.27. The molecule has 0 aliphatic carbocycles. The van der Waals surface area contributed by atoms with Crippen LogP contribution in [0.3, 0.4) is 0 Å². The van der Waals surface area contributed by atoms with Crippen LogP contribution in [0.1, 0.15) is 29.3 Å². The minimum absolute atomic E-state index is 0.0328.